The van der Waals surface area contributed by atoms with Gasteiger partial charge < -0.3 is 10.4 Å². The van der Waals surface area contributed by atoms with Crippen LogP contribution in [0.5, 0.6) is 5.75 Å². The Kier molecular flexibility index (Phi) is 5.41. The number of phenols is 1. The third-order valence-electron chi connectivity index (χ3n) is 5.46. The van der Waals surface area contributed by atoms with E-state index in [-0.39, 0.29) is 17.8 Å². The maximum absolute atomic E-state index is 14.6. The van der Waals surface area contributed by atoms with Crippen molar-refractivity contribution in [1.82, 2.24) is 14.3 Å². The van der Waals surface area contributed by atoms with Gasteiger partial charge in [0.05, 0.1) is 5.25 Å². The standard InChI is InChI=1S/C17H23FN4O6S2/c18-14-6-11(7-15(23)17(14)22-10-16(24)20-30(22,27)28)8-19-12-2-1-5-21(9-12)29(25,26)13-3-4-13/h6-7,12-13,19,23H,1-5,8-10H2,(H,20,24)/t12-/m0/s1. The van der Waals surface area contributed by atoms with Crippen LogP contribution < -0.4 is 14.3 Å². The number of phenolic OH excluding ortho intramolecular Hbond substituents is 1. The largest absolute Gasteiger partial charge is 0.506 e. The molecule has 1 atom stereocenters. The number of carbonyl (C=O) groups excluding carboxylic acids is 1. The molecule has 1 aromatic rings. The lowest BCUT2D eigenvalue weighted by molar-refractivity contribution is -0.117. The van der Waals surface area contributed by atoms with Crippen LogP contribution >= 0.6 is 0 Å². The lowest BCUT2D eigenvalue weighted by Crippen LogP contribution is -2.48. The van der Waals surface area contributed by atoms with E-state index in [1.54, 1.807) is 4.72 Å². The van der Waals surface area contributed by atoms with E-state index in [9.17, 15) is 31.1 Å². The van der Waals surface area contributed by atoms with Crippen molar-refractivity contribution in [3.05, 3.63) is 23.5 Å². The van der Waals surface area contributed by atoms with Crippen molar-refractivity contribution in [2.75, 3.05) is 23.9 Å². The number of sulfonamides is 1. The number of benzene rings is 1. The van der Waals surface area contributed by atoms with Gasteiger partial charge in [-0.3, -0.25) is 4.79 Å². The summed E-state index contributed by atoms with van der Waals surface area (Å²) in [7, 11) is -7.49. The van der Waals surface area contributed by atoms with E-state index < -0.39 is 49.9 Å². The second-order valence-electron chi connectivity index (χ2n) is 7.80. The highest BCUT2D eigenvalue weighted by Crippen LogP contribution is 2.35. The molecule has 10 nitrogen and oxygen atoms in total. The molecule has 0 aromatic heterocycles. The van der Waals surface area contributed by atoms with Crippen LogP contribution in [0.25, 0.3) is 0 Å². The maximum atomic E-state index is 14.6. The first kappa shape index (κ1) is 21.3. The van der Waals surface area contributed by atoms with Crippen LogP contribution in [0.4, 0.5) is 10.1 Å². The average molecular weight is 463 g/mol. The molecule has 1 saturated carbocycles. The quantitative estimate of drug-likeness (QED) is 0.531. The predicted octanol–water partition coefficient (Wildman–Crippen LogP) is -0.241. The molecule has 30 heavy (non-hydrogen) atoms. The van der Waals surface area contributed by atoms with Gasteiger partial charge in [-0.2, -0.15) is 8.42 Å². The predicted molar refractivity (Wildman–Crippen MR) is 106 cm³/mol. The Morgan fingerprint density at radius 3 is 2.60 bits per heavy atom. The lowest BCUT2D eigenvalue weighted by Gasteiger charge is -2.32. The molecule has 1 amide bonds. The van der Waals surface area contributed by atoms with Crippen molar-refractivity contribution in [2.24, 2.45) is 0 Å². The summed E-state index contributed by atoms with van der Waals surface area (Å²) >= 11 is 0. The Labute approximate surface area is 174 Å². The SMILES string of the molecule is O=C1CN(c2c(O)cc(CN[C@H]3CCCN(S(=O)(=O)C4CC4)C3)cc2F)S(=O)(=O)N1. The highest BCUT2D eigenvalue weighted by molar-refractivity contribution is 7.92. The summed E-state index contributed by atoms with van der Waals surface area (Å²) in [5.74, 6) is -2.40. The van der Waals surface area contributed by atoms with E-state index >= 15 is 0 Å². The molecule has 166 valence electrons. The fourth-order valence-electron chi connectivity index (χ4n) is 3.81. The Morgan fingerprint density at radius 2 is 2.00 bits per heavy atom. The van der Waals surface area contributed by atoms with Gasteiger partial charge in [0.25, 0.3) is 5.91 Å². The minimum absolute atomic E-state index is 0.113. The van der Waals surface area contributed by atoms with Gasteiger partial charge in [0.1, 0.15) is 18.0 Å². The van der Waals surface area contributed by atoms with Crippen LogP contribution in [-0.4, -0.2) is 63.1 Å². The number of nitrogens with one attached hydrogen (secondary N) is 2. The molecule has 1 aliphatic carbocycles. The first-order chi connectivity index (χ1) is 14.1. The van der Waals surface area contributed by atoms with Gasteiger partial charge >= 0.3 is 10.2 Å². The zero-order chi connectivity index (χ0) is 21.7. The van der Waals surface area contributed by atoms with Gasteiger partial charge in [0, 0.05) is 25.7 Å². The molecular formula is C17H23FN4O6S2. The summed E-state index contributed by atoms with van der Waals surface area (Å²) in [5, 5.41) is 13.1. The molecule has 0 unspecified atom stereocenters. The molecule has 0 radical (unpaired) electrons. The number of piperidine rings is 1. The Morgan fingerprint density at radius 1 is 1.27 bits per heavy atom. The highest BCUT2D eigenvalue weighted by atomic mass is 32.2. The van der Waals surface area contributed by atoms with E-state index in [1.807, 2.05) is 0 Å². The van der Waals surface area contributed by atoms with Gasteiger partial charge in [-0.05, 0) is 43.4 Å². The molecule has 4 rings (SSSR count). The molecule has 3 N–H and O–H groups in total. The monoisotopic (exact) mass is 462 g/mol. The van der Waals surface area contributed by atoms with Gasteiger partial charge in [-0.15, -0.1) is 0 Å². The van der Waals surface area contributed by atoms with Gasteiger partial charge in [0.15, 0.2) is 5.82 Å². The summed E-state index contributed by atoms with van der Waals surface area (Å²) in [5.41, 5.74) is -0.219. The van der Waals surface area contributed by atoms with Crippen molar-refractivity contribution < 1.29 is 31.1 Å². The minimum atomic E-state index is -4.24. The number of rotatable bonds is 6. The molecule has 0 spiro atoms. The number of halogens is 1. The highest BCUT2D eigenvalue weighted by Gasteiger charge is 2.41. The zero-order valence-electron chi connectivity index (χ0n) is 16.0. The third kappa shape index (κ3) is 4.11. The van der Waals surface area contributed by atoms with E-state index in [2.05, 4.69) is 5.32 Å². The summed E-state index contributed by atoms with van der Waals surface area (Å²) < 4.78 is 67.0. The van der Waals surface area contributed by atoms with Crippen molar-refractivity contribution in [3.63, 3.8) is 0 Å². The normalized spacial score (nSPS) is 24.8. The number of hydrogen-bond acceptors (Lipinski definition) is 7. The number of anilines is 1. The fourth-order valence-corrected chi connectivity index (χ4v) is 6.91. The van der Waals surface area contributed by atoms with Crippen LogP contribution in [0.1, 0.15) is 31.2 Å². The Bertz CT molecular complexity index is 1050. The summed E-state index contributed by atoms with van der Waals surface area (Å²) in [4.78, 5) is 11.4. The molecule has 3 aliphatic rings. The second-order valence-corrected chi connectivity index (χ2v) is 11.6. The molecule has 1 aromatic carbocycles. The first-order valence-electron chi connectivity index (χ1n) is 9.65. The molecular weight excluding hydrogens is 439 g/mol. The average Bonchev–Trinajstić information content (AvgIpc) is 3.47. The lowest BCUT2D eigenvalue weighted by atomic mass is 10.1. The molecule has 2 aliphatic heterocycles. The van der Waals surface area contributed by atoms with Crippen LogP contribution in [-0.2, 0) is 31.6 Å². The molecule has 3 fully saturated rings. The zero-order valence-corrected chi connectivity index (χ0v) is 17.7. The second kappa shape index (κ2) is 7.62. The van der Waals surface area contributed by atoms with Gasteiger partial charge in [0.2, 0.25) is 10.0 Å². The van der Waals surface area contributed by atoms with Gasteiger partial charge in [-0.25, -0.2) is 26.1 Å². The Balaban J connectivity index is 1.44. The number of aromatic hydroxyl groups is 1. The summed E-state index contributed by atoms with van der Waals surface area (Å²) in [6.07, 6.45) is 2.89. The molecule has 0 bridgehead atoms. The minimum Gasteiger partial charge on any atom is -0.506 e. The fraction of sp³-hybridized carbons (Fsp3) is 0.588. The smallest absolute Gasteiger partial charge is 0.326 e. The topological polar surface area (TPSA) is 136 Å². The van der Waals surface area contributed by atoms with E-state index in [4.69, 9.17) is 0 Å². The van der Waals surface area contributed by atoms with Crippen molar-refractivity contribution in [2.45, 2.75) is 43.5 Å². The van der Waals surface area contributed by atoms with Crippen LogP contribution in [0.3, 0.4) is 0 Å². The van der Waals surface area contributed by atoms with Crippen LogP contribution in [0.2, 0.25) is 0 Å². The number of carbonyl (C=O) groups is 1. The van der Waals surface area contributed by atoms with Crippen molar-refractivity contribution in [3.8, 4) is 5.75 Å². The van der Waals surface area contributed by atoms with Crippen LogP contribution in [0, 0.1) is 5.82 Å². The molecule has 2 saturated heterocycles. The van der Waals surface area contributed by atoms with Crippen molar-refractivity contribution >= 4 is 31.8 Å². The molecule has 13 heteroatoms. The van der Waals surface area contributed by atoms with E-state index in [0.29, 0.717) is 35.8 Å². The van der Waals surface area contributed by atoms with Crippen molar-refractivity contribution in [1.29, 1.82) is 0 Å². The van der Waals surface area contributed by atoms with Gasteiger partial charge in [-0.1, -0.05) is 0 Å². The summed E-state index contributed by atoms with van der Waals surface area (Å²) in [6.45, 7) is 0.387. The summed E-state index contributed by atoms with van der Waals surface area (Å²) in [6, 6.07) is 2.20. The number of nitrogens with zero attached hydrogens (tertiary/aromatic N) is 2. The number of amides is 1. The maximum Gasteiger partial charge on any atom is 0.326 e. The van der Waals surface area contributed by atoms with E-state index in [0.717, 1.165) is 18.9 Å². The third-order valence-corrected chi connectivity index (χ3v) is 9.20. The van der Waals surface area contributed by atoms with Crippen LogP contribution in [0.15, 0.2) is 12.1 Å². The first-order valence-corrected chi connectivity index (χ1v) is 12.6. The number of hydrogen-bond donors (Lipinski definition) is 3. The molecule has 2 heterocycles. The van der Waals surface area contributed by atoms with E-state index in [1.165, 1.54) is 10.4 Å². The Hall–Kier alpha value is -1.96.